The molecule has 0 saturated carbocycles. The number of rotatable bonds is 5. The van der Waals surface area contributed by atoms with Gasteiger partial charge in [-0.25, -0.2) is 9.59 Å². The van der Waals surface area contributed by atoms with Gasteiger partial charge in [0.25, 0.3) is 0 Å². The average Bonchev–Trinajstić information content (AvgIpc) is 2.51. The smallest absolute Gasteiger partial charge is 0.347 e. The molecule has 7 nitrogen and oxygen atoms in total. The zero-order valence-electron chi connectivity index (χ0n) is 11.6. The lowest BCUT2D eigenvalue weighted by molar-refractivity contribution is -0.140. The van der Waals surface area contributed by atoms with Crippen LogP contribution in [0.25, 0.3) is 10.9 Å². The molecule has 114 valence electrons. The molecule has 0 radical (unpaired) electrons. The van der Waals surface area contributed by atoms with E-state index in [0.29, 0.717) is 5.52 Å². The standard InChI is InChI=1S/C15H14N2O5/c16-11(5-6-13(18)19)15(21)22-14(20)10-7-9-3-1-2-4-12(9)17-8-10/h1-4,7-8,11H,5-6,16H2,(H,18,19)/t11-/m1/s1. The van der Waals surface area contributed by atoms with Crippen LogP contribution < -0.4 is 5.73 Å². The molecule has 2 aromatic rings. The molecule has 22 heavy (non-hydrogen) atoms. The van der Waals surface area contributed by atoms with Gasteiger partial charge in [-0.3, -0.25) is 9.78 Å². The number of benzene rings is 1. The molecule has 1 heterocycles. The molecule has 0 unspecified atom stereocenters. The SMILES string of the molecule is N[C@H](CCC(=O)O)C(=O)OC(=O)c1cnc2ccccc2c1. The van der Waals surface area contributed by atoms with Crippen LogP contribution >= 0.6 is 0 Å². The predicted octanol–water partition coefficient (Wildman–Crippen LogP) is 1.11. The van der Waals surface area contributed by atoms with E-state index in [0.717, 1.165) is 5.39 Å². The van der Waals surface area contributed by atoms with Gasteiger partial charge in [-0.15, -0.1) is 0 Å². The number of hydrogen-bond acceptors (Lipinski definition) is 6. The molecule has 7 heteroatoms. The van der Waals surface area contributed by atoms with Crippen molar-refractivity contribution < 1.29 is 24.2 Å². The second-order valence-corrected chi connectivity index (χ2v) is 4.66. The fraction of sp³-hybridized carbons (Fsp3) is 0.200. The first kappa shape index (κ1) is 15.6. The maximum Gasteiger partial charge on any atom is 0.347 e. The topological polar surface area (TPSA) is 120 Å². The number of carbonyl (C=O) groups is 3. The molecule has 0 bridgehead atoms. The maximum absolute atomic E-state index is 11.9. The summed E-state index contributed by atoms with van der Waals surface area (Å²) in [6, 6.07) is 7.58. The number of nitrogens with zero attached hydrogens (tertiary/aromatic N) is 1. The minimum Gasteiger partial charge on any atom is -0.481 e. The highest BCUT2D eigenvalue weighted by Gasteiger charge is 2.21. The third kappa shape index (κ3) is 3.86. The lowest BCUT2D eigenvalue weighted by atomic mass is 10.1. The third-order valence-corrected chi connectivity index (χ3v) is 2.99. The highest BCUT2D eigenvalue weighted by Crippen LogP contribution is 2.13. The molecule has 0 amide bonds. The van der Waals surface area contributed by atoms with E-state index in [2.05, 4.69) is 9.72 Å². The number of ether oxygens (including phenoxy) is 1. The predicted molar refractivity (Wildman–Crippen MR) is 77.0 cm³/mol. The van der Waals surface area contributed by atoms with Crippen LogP contribution in [0.4, 0.5) is 0 Å². The van der Waals surface area contributed by atoms with Gasteiger partial charge in [0.15, 0.2) is 0 Å². The number of carboxylic acid groups (broad SMARTS) is 1. The van der Waals surface area contributed by atoms with Gasteiger partial charge in [0.2, 0.25) is 0 Å². The number of fused-ring (bicyclic) bond motifs is 1. The van der Waals surface area contributed by atoms with Crippen molar-refractivity contribution in [2.24, 2.45) is 5.73 Å². The maximum atomic E-state index is 11.9. The summed E-state index contributed by atoms with van der Waals surface area (Å²) in [6.45, 7) is 0. The van der Waals surface area contributed by atoms with Crippen LogP contribution in [0.15, 0.2) is 36.5 Å². The van der Waals surface area contributed by atoms with Crippen molar-refractivity contribution in [2.45, 2.75) is 18.9 Å². The van der Waals surface area contributed by atoms with Gasteiger partial charge in [-0.05, 0) is 18.6 Å². The Kier molecular flexibility index (Phi) is 4.80. The lowest BCUT2D eigenvalue weighted by Crippen LogP contribution is -2.34. The van der Waals surface area contributed by atoms with Crippen molar-refractivity contribution in [3.8, 4) is 0 Å². The summed E-state index contributed by atoms with van der Waals surface area (Å²) < 4.78 is 4.64. The molecule has 1 aromatic carbocycles. The molecule has 0 saturated heterocycles. The first-order valence-corrected chi connectivity index (χ1v) is 6.55. The van der Waals surface area contributed by atoms with E-state index in [1.165, 1.54) is 6.20 Å². The Balaban J connectivity index is 2.03. The number of carbonyl (C=O) groups excluding carboxylic acids is 2. The van der Waals surface area contributed by atoms with Crippen molar-refractivity contribution >= 4 is 28.8 Å². The van der Waals surface area contributed by atoms with E-state index in [-0.39, 0.29) is 18.4 Å². The van der Waals surface area contributed by atoms with Crippen LogP contribution in [0.3, 0.4) is 0 Å². The van der Waals surface area contributed by atoms with E-state index < -0.39 is 23.9 Å². The van der Waals surface area contributed by atoms with Crippen LogP contribution in [0, 0.1) is 0 Å². The molecular weight excluding hydrogens is 288 g/mol. The Morgan fingerprint density at radius 3 is 2.73 bits per heavy atom. The third-order valence-electron chi connectivity index (χ3n) is 2.99. The van der Waals surface area contributed by atoms with Crippen molar-refractivity contribution in [3.63, 3.8) is 0 Å². The minimum atomic E-state index is -1.16. The number of aliphatic carboxylic acids is 1. The van der Waals surface area contributed by atoms with Gasteiger partial charge in [0.05, 0.1) is 11.1 Å². The zero-order chi connectivity index (χ0) is 16.1. The highest BCUT2D eigenvalue weighted by atomic mass is 16.6. The second kappa shape index (κ2) is 6.77. The Bertz CT molecular complexity index is 729. The number of esters is 2. The van der Waals surface area contributed by atoms with Crippen LogP contribution in [0.2, 0.25) is 0 Å². The number of aromatic nitrogens is 1. The van der Waals surface area contributed by atoms with Crippen LogP contribution in [0.5, 0.6) is 0 Å². The number of para-hydroxylation sites is 1. The van der Waals surface area contributed by atoms with Gasteiger partial charge in [-0.2, -0.15) is 0 Å². The first-order chi connectivity index (χ1) is 10.5. The number of nitrogens with two attached hydrogens (primary N) is 1. The summed E-state index contributed by atoms with van der Waals surface area (Å²) >= 11 is 0. The van der Waals surface area contributed by atoms with Gasteiger partial charge in [0, 0.05) is 18.0 Å². The summed E-state index contributed by atoms with van der Waals surface area (Å²) in [5.41, 5.74) is 6.31. The molecule has 0 fully saturated rings. The van der Waals surface area contributed by atoms with Crippen molar-refractivity contribution in [3.05, 3.63) is 42.1 Å². The van der Waals surface area contributed by atoms with Crippen molar-refractivity contribution in [2.75, 3.05) is 0 Å². The first-order valence-electron chi connectivity index (χ1n) is 6.55. The van der Waals surface area contributed by atoms with Gasteiger partial charge < -0.3 is 15.6 Å². The normalized spacial score (nSPS) is 11.9. The molecule has 1 aromatic heterocycles. The number of pyridine rings is 1. The van der Waals surface area contributed by atoms with Crippen LogP contribution in [-0.2, 0) is 14.3 Å². The Hall–Kier alpha value is -2.80. The molecular formula is C15H14N2O5. The summed E-state index contributed by atoms with van der Waals surface area (Å²) in [4.78, 5) is 38.0. The largest absolute Gasteiger partial charge is 0.481 e. The number of carboxylic acids is 1. The van der Waals surface area contributed by atoms with E-state index in [1.807, 2.05) is 6.07 Å². The Morgan fingerprint density at radius 2 is 2.00 bits per heavy atom. The van der Waals surface area contributed by atoms with Crippen molar-refractivity contribution in [1.29, 1.82) is 0 Å². The molecule has 0 aliphatic heterocycles. The van der Waals surface area contributed by atoms with Gasteiger partial charge in [-0.1, -0.05) is 18.2 Å². The summed E-state index contributed by atoms with van der Waals surface area (Å²) in [6.07, 6.45) is 0.931. The fourth-order valence-corrected chi connectivity index (χ4v) is 1.81. The molecule has 2 rings (SSSR count). The minimum absolute atomic E-state index is 0.0998. The van der Waals surface area contributed by atoms with Crippen LogP contribution in [0.1, 0.15) is 23.2 Å². The Labute approximate surface area is 125 Å². The van der Waals surface area contributed by atoms with E-state index in [9.17, 15) is 14.4 Å². The molecule has 0 aliphatic carbocycles. The monoisotopic (exact) mass is 302 g/mol. The lowest BCUT2D eigenvalue weighted by Gasteiger charge is -2.09. The van der Waals surface area contributed by atoms with E-state index >= 15 is 0 Å². The second-order valence-electron chi connectivity index (χ2n) is 4.66. The van der Waals surface area contributed by atoms with E-state index in [4.69, 9.17) is 10.8 Å². The van der Waals surface area contributed by atoms with Gasteiger partial charge >= 0.3 is 17.9 Å². The number of hydrogen-bond donors (Lipinski definition) is 2. The molecule has 1 atom stereocenters. The van der Waals surface area contributed by atoms with E-state index in [1.54, 1.807) is 24.3 Å². The van der Waals surface area contributed by atoms with Crippen LogP contribution in [-0.4, -0.2) is 34.0 Å². The molecule has 3 N–H and O–H groups in total. The fourth-order valence-electron chi connectivity index (χ4n) is 1.81. The Morgan fingerprint density at radius 1 is 1.27 bits per heavy atom. The summed E-state index contributed by atoms with van der Waals surface area (Å²) in [5.74, 6) is -2.90. The van der Waals surface area contributed by atoms with Gasteiger partial charge in [0.1, 0.15) is 6.04 Å². The molecule has 0 spiro atoms. The highest BCUT2D eigenvalue weighted by molar-refractivity contribution is 6.00. The molecule has 0 aliphatic rings. The quantitative estimate of drug-likeness (QED) is 0.627. The van der Waals surface area contributed by atoms with Crippen molar-refractivity contribution in [1.82, 2.24) is 4.98 Å². The average molecular weight is 302 g/mol. The zero-order valence-corrected chi connectivity index (χ0v) is 11.6. The summed E-state index contributed by atoms with van der Waals surface area (Å²) in [7, 11) is 0. The summed E-state index contributed by atoms with van der Waals surface area (Å²) in [5, 5.41) is 9.26.